The maximum Gasteiger partial charge on any atom is 0.326 e. The third kappa shape index (κ3) is 27.5. The Morgan fingerprint density at radius 1 is 0.540 bits per heavy atom. The maximum absolute atomic E-state index is 15.0. The number of amides is 11. The van der Waals surface area contributed by atoms with Crippen molar-refractivity contribution < 1.29 is 92.7 Å². The molecule has 11 atom stereocenters. The summed E-state index contributed by atoms with van der Waals surface area (Å²) in [5, 5.41) is 76.8. The molecule has 32 nitrogen and oxygen atoms in total. The molecule has 0 spiro atoms. The summed E-state index contributed by atoms with van der Waals surface area (Å²) in [6.07, 6.45) is -2.72. The van der Waals surface area contributed by atoms with Gasteiger partial charge in [0.15, 0.2) is 0 Å². The topological polar surface area (TPSA) is 524 Å². The summed E-state index contributed by atoms with van der Waals surface area (Å²) in [5.74, 6) is -18.1. The Balaban J connectivity index is 1.57. The maximum atomic E-state index is 15.0. The third-order valence-corrected chi connectivity index (χ3v) is 17.8. The van der Waals surface area contributed by atoms with Gasteiger partial charge in [0.2, 0.25) is 65.0 Å². The van der Waals surface area contributed by atoms with Gasteiger partial charge in [-0.25, -0.2) is 4.79 Å². The van der Waals surface area contributed by atoms with Gasteiger partial charge in [-0.3, -0.25) is 62.3 Å². The predicted molar refractivity (Wildman–Crippen MR) is 365 cm³/mol. The molecule has 1 aliphatic heterocycles. The smallest absolute Gasteiger partial charge is 0.326 e. The van der Waals surface area contributed by atoms with Crippen LogP contribution in [0.3, 0.4) is 0 Å². The molecule has 0 bridgehead atoms. The van der Waals surface area contributed by atoms with Crippen LogP contribution in [0.5, 0.6) is 11.5 Å². The van der Waals surface area contributed by atoms with Gasteiger partial charge in [-0.05, 0) is 91.6 Å². The van der Waals surface area contributed by atoms with E-state index in [1.807, 2.05) is 0 Å². The first-order valence-corrected chi connectivity index (χ1v) is 34.3. The van der Waals surface area contributed by atoms with E-state index in [0.717, 1.165) is 21.6 Å². The number of unbranched alkanes of at least 4 members (excludes halogenated alkanes) is 1. The van der Waals surface area contributed by atoms with E-state index in [9.17, 15) is 87.9 Å². The van der Waals surface area contributed by atoms with E-state index in [-0.39, 0.29) is 50.1 Å². The van der Waals surface area contributed by atoms with Crippen LogP contribution < -0.4 is 70.0 Å². The first kappa shape index (κ1) is 80.4. The number of nitrogens with one attached hydrogen (secondary N) is 11. The van der Waals surface area contributed by atoms with Gasteiger partial charge in [0.05, 0.1) is 25.4 Å². The lowest BCUT2D eigenvalue weighted by Gasteiger charge is -2.28. The lowest BCUT2D eigenvalue weighted by Crippen LogP contribution is -2.61. The molecular formula is C66H85N13O19S2. The normalized spacial score (nSPS) is 19.9. The molecule has 34 heteroatoms. The van der Waals surface area contributed by atoms with Crippen molar-refractivity contribution in [2.45, 2.75) is 145 Å². The van der Waals surface area contributed by atoms with E-state index in [1.165, 1.54) is 69.3 Å². The van der Waals surface area contributed by atoms with Crippen LogP contribution in [0, 0.1) is 5.92 Å². The van der Waals surface area contributed by atoms with Gasteiger partial charge >= 0.3 is 17.9 Å². The molecule has 0 radical (unpaired) electrons. The number of aromatic hydroxyl groups is 2. The fraction of sp³-hybridized carbons (Fsp3) is 0.424. The van der Waals surface area contributed by atoms with Gasteiger partial charge in [0.25, 0.3) is 0 Å². The number of benzene rings is 4. The van der Waals surface area contributed by atoms with Gasteiger partial charge in [-0.2, -0.15) is 0 Å². The molecule has 0 unspecified atom stereocenters. The number of hydrogen-bond donors (Lipinski definition) is 18. The van der Waals surface area contributed by atoms with Crippen molar-refractivity contribution in [2.75, 3.05) is 24.6 Å². The van der Waals surface area contributed by atoms with Crippen molar-refractivity contribution in [1.82, 2.24) is 58.5 Å². The number of hydrogen-bond acceptors (Lipinski definition) is 20. The standard InChI is InChI=1S/C66H85N13O19S2/c1-35(2)55(66(97)98)79-63(94)49(31-54(85)86)76-59(90)44(16-10-11-25-67)72-62(93)47(29-40-19-23-42(81)24-20-40)74-64(95)50-33-99-100-34-51(78-57(88)43(68)26-37-12-6-4-7-13-37)65(96)75-48(30-53(83)84)58(89)69-32-52(82)71-45(27-38-14-8-5-9-15-38)61(92)73-46(28-39-17-21-41(80)22-18-39)60(91)70-36(3)56(87)77-50/h4-9,12-15,17-24,35-36,43-51,55,80-81H,10-11,16,25-34,67-68H2,1-3H3,(H,69,89)(H,70,91)(H,71,82)(H,72,93)(H,73,92)(H,74,95)(H,75,96)(H,76,90)(H,77,87)(H,78,88)(H,79,94)(H,83,84)(H,85,86)(H,97,98)/t36-,43-,44-,45-,46-,47-,48-,49-,50-,51-,55-/m0/s1. The minimum atomic E-state index is -1.91. The number of carbonyl (C=O) groups is 14. The molecule has 4 aromatic rings. The highest BCUT2D eigenvalue weighted by Gasteiger charge is 2.37. The van der Waals surface area contributed by atoms with Gasteiger partial charge in [-0.1, -0.05) is 120 Å². The first-order chi connectivity index (χ1) is 47.5. The summed E-state index contributed by atoms with van der Waals surface area (Å²) in [6, 6.07) is 9.87. The van der Waals surface area contributed by atoms with Crippen molar-refractivity contribution >= 4 is 104 Å². The van der Waals surface area contributed by atoms with Crippen LogP contribution in [0.4, 0.5) is 0 Å². The molecule has 540 valence electrons. The zero-order chi connectivity index (χ0) is 73.6. The van der Waals surface area contributed by atoms with Crippen molar-refractivity contribution in [2.24, 2.45) is 17.4 Å². The minimum Gasteiger partial charge on any atom is -0.508 e. The average molecular weight is 1430 g/mol. The SMILES string of the molecule is CC(C)[C@H](NC(=O)[C@H](CC(=O)O)NC(=O)[C@H](CCCCN)NC(=O)[C@H](Cc1ccc(O)cc1)NC(=O)[C@@H]1CSSC[C@H](NC(=O)[C@@H](N)Cc2ccccc2)C(=O)N[C@@H](CC(=O)O)C(=O)NCC(=O)N[C@@H](Cc2ccccc2)C(=O)N[C@@H](Cc2ccc(O)cc2)C(=O)N[C@@H](C)C(=O)N1)C(=O)O. The molecule has 100 heavy (non-hydrogen) atoms. The van der Waals surface area contributed by atoms with E-state index < -0.39 is 193 Å². The molecule has 4 aromatic carbocycles. The van der Waals surface area contributed by atoms with Gasteiger partial charge in [0.1, 0.15) is 71.9 Å². The quantitative estimate of drug-likeness (QED) is 0.0214. The predicted octanol–water partition coefficient (Wildman–Crippen LogP) is -2.11. The summed E-state index contributed by atoms with van der Waals surface area (Å²) in [6.45, 7) is 3.43. The van der Waals surface area contributed by atoms with E-state index in [4.69, 9.17) is 11.5 Å². The molecule has 0 aromatic heterocycles. The lowest BCUT2D eigenvalue weighted by molar-refractivity contribution is -0.144. The van der Waals surface area contributed by atoms with Crippen LogP contribution in [-0.2, 0) is 92.8 Å². The lowest BCUT2D eigenvalue weighted by atomic mass is 10.0. The van der Waals surface area contributed by atoms with Gasteiger partial charge in [0, 0.05) is 30.8 Å². The molecule has 0 saturated carbocycles. The van der Waals surface area contributed by atoms with E-state index in [1.54, 1.807) is 60.7 Å². The molecule has 1 fully saturated rings. The highest BCUT2D eigenvalue weighted by molar-refractivity contribution is 8.76. The number of phenols is 2. The minimum absolute atomic E-state index is 0.0215. The second kappa shape index (κ2) is 40.5. The summed E-state index contributed by atoms with van der Waals surface area (Å²) in [4.78, 5) is 193. The Morgan fingerprint density at radius 3 is 1.64 bits per heavy atom. The summed E-state index contributed by atoms with van der Waals surface area (Å²) in [5.41, 5.74) is 13.9. The summed E-state index contributed by atoms with van der Waals surface area (Å²) in [7, 11) is 1.62. The van der Waals surface area contributed by atoms with Crippen LogP contribution in [0.15, 0.2) is 109 Å². The number of carboxylic acid groups (broad SMARTS) is 3. The molecule has 11 amide bonds. The van der Waals surface area contributed by atoms with E-state index in [0.29, 0.717) is 28.7 Å². The Hall–Kier alpha value is -10.3. The monoisotopic (exact) mass is 1430 g/mol. The first-order valence-electron chi connectivity index (χ1n) is 31.8. The number of rotatable bonds is 28. The molecule has 20 N–H and O–H groups in total. The number of carbonyl (C=O) groups excluding carboxylic acids is 11. The van der Waals surface area contributed by atoms with Gasteiger partial charge < -0.3 is 95.5 Å². The van der Waals surface area contributed by atoms with E-state index in [2.05, 4.69) is 58.5 Å². The number of phenolic OH excluding ortho intramolecular Hbond substituents is 2. The second-order valence-electron chi connectivity index (χ2n) is 23.8. The van der Waals surface area contributed by atoms with Crippen molar-refractivity contribution in [1.29, 1.82) is 0 Å². The Labute approximate surface area is 583 Å². The van der Waals surface area contributed by atoms with Crippen LogP contribution >= 0.6 is 21.6 Å². The number of carboxylic acids is 3. The molecule has 0 aliphatic carbocycles. The van der Waals surface area contributed by atoms with Crippen LogP contribution in [0.1, 0.15) is 75.1 Å². The van der Waals surface area contributed by atoms with Crippen LogP contribution in [0.25, 0.3) is 0 Å². The van der Waals surface area contributed by atoms with E-state index >= 15 is 4.79 Å². The fourth-order valence-electron chi connectivity index (χ4n) is 9.92. The fourth-order valence-corrected chi connectivity index (χ4v) is 12.2. The largest absolute Gasteiger partial charge is 0.508 e. The molecule has 1 saturated heterocycles. The number of nitrogens with two attached hydrogens (primary N) is 2. The van der Waals surface area contributed by atoms with Crippen molar-refractivity contribution in [3.63, 3.8) is 0 Å². The summed E-state index contributed by atoms with van der Waals surface area (Å²) < 4.78 is 0. The van der Waals surface area contributed by atoms with Crippen molar-refractivity contribution in [3.8, 4) is 11.5 Å². The average Bonchev–Trinajstić information content (AvgIpc) is 0.883. The molecular weight excluding hydrogens is 1340 g/mol. The zero-order valence-electron chi connectivity index (χ0n) is 54.9. The Bertz CT molecular complexity index is 3510. The van der Waals surface area contributed by atoms with Crippen LogP contribution in [0.2, 0.25) is 0 Å². The summed E-state index contributed by atoms with van der Waals surface area (Å²) >= 11 is 0. The third-order valence-electron chi connectivity index (χ3n) is 15.4. The molecule has 5 rings (SSSR count). The second-order valence-corrected chi connectivity index (χ2v) is 26.4. The van der Waals surface area contributed by atoms with Crippen molar-refractivity contribution in [3.05, 3.63) is 131 Å². The van der Waals surface area contributed by atoms with Gasteiger partial charge in [-0.15, -0.1) is 0 Å². The number of aliphatic carboxylic acids is 3. The highest BCUT2D eigenvalue weighted by Crippen LogP contribution is 2.24. The molecule has 1 heterocycles. The Morgan fingerprint density at radius 2 is 1.06 bits per heavy atom. The van der Waals surface area contributed by atoms with Crippen LogP contribution in [-0.4, -0.2) is 199 Å². The Kier molecular flexibility index (Phi) is 32.6. The molecule has 1 aliphatic rings. The highest BCUT2D eigenvalue weighted by atomic mass is 33.1. The zero-order valence-corrected chi connectivity index (χ0v) is 56.6.